The Bertz CT molecular complexity index is 679. The van der Waals surface area contributed by atoms with Crippen LogP contribution in [-0.4, -0.2) is 49.7 Å². The van der Waals surface area contributed by atoms with Crippen LogP contribution in [-0.2, 0) is 9.59 Å². The van der Waals surface area contributed by atoms with Crippen molar-refractivity contribution in [2.24, 2.45) is 17.3 Å². The molecule has 7 heteroatoms. The first kappa shape index (κ1) is 15.6. The molecule has 3 aliphatic rings. The van der Waals surface area contributed by atoms with Crippen LogP contribution in [0.3, 0.4) is 0 Å². The highest BCUT2D eigenvalue weighted by atomic mass is 16.4. The number of carboxylic acids is 1. The van der Waals surface area contributed by atoms with Crippen LogP contribution in [0.25, 0.3) is 0 Å². The van der Waals surface area contributed by atoms with E-state index in [4.69, 9.17) is 0 Å². The molecule has 1 aromatic heterocycles. The second kappa shape index (κ2) is 5.29. The Labute approximate surface area is 141 Å². The first-order valence-electron chi connectivity index (χ1n) is 8.82. The third kappa shape index (κ3) is 2.41. The van der Waals surface area contributed by atoms with E-state index in [-0.39, 0.29) is 11.8 Å². The highest BCUT2D eigenvalue weighted by molar-refractivity contribution is 5.91. The molecule has 1 aromatic rings. The van der Waals surface area contributed by atoms with E-state index in [1.54, 1.807) is 6.33 Å². The van der Waals surface area contributed by atoms with Gasteiger partial charge in [0.1, 0.15) is 12.2 Å². The van der Waals surface area contributed by atoms with Crippen LogP contribution in [0.5, 0.6) is 0 Å². The molecule has 0 spiro atoms. The van der Waals surface area contributed by atoms with Gasteiger partial charge in [0.15, 0.2) is 0 Å². The maximum atomic E-state index is 12.9. The van der Waals surface area contributed by atoms with Crippen LogP contribution in [0.2, 0.25) is 0 Å². The SMILES string of the molecule is CC1(C)[C@H](C(=O)O)[C@@H]1C(=O)N1CCCC(c2nncn2C2CC2)C1. The number of aromatic nitrogens is 3. The van der Waals surface area contributed by atoms with Gasteiger partial charge in [0.05, 0.1) is 11.8 Å². The number of carbonyl (C=O) groups is 2. The molecule has 0 bridgehead atoms. The van der Waals surface area contributed by atoms with E-state index in [1.165, 1.54) is 12.8 Å². The molecule has 3 atom stereocenters. The number of carbonyl (C=O) groups excluding carboxylic acids is 1. The van der Waals surface area contributed by atoms with Gasteiger partial charge in [-0.3, -0.25) is 9.59 Å². The molecule has 130 valence electrons. The predicted octanol–water partition coefficient (Wildman–Crippen LogP) is 1.68. The molecule has 3 fully saturated rings. The number of piperidine rings is 1. The molecule has 4 rings (SSSR count). The number of hydrogen-bond acceptors (Lipinski definition) is 4. The van der Waals surface area contributed by atoms with Crippen molar-refractivity contribution in [2.45, 2.75) is 51.5 Å². The number of hydrogen-bond donors (Lipinski definition) is 1. The van der Waals surface area contributed by atoms with Crippen LogP contribution in [0.15, 0.2) is 6.33 Å². The average molecular weight is 332 g/mol. The summed E-state index contributed by atoms with van der Waals surface area (Å²) in [5.74, 6) is -0.624. The molecular formula is C17H24N4O3. The van der Waals surface area contributed by atoms with Crippen LogP contribution >= 0.6 is 0 Å². The Kier molecular flexibility index (Phi) is 3.44. The lowest BCUT2D eigenvalue weighted by molar-refractivity contribution is -0.142. The van der Waals surface area contributed by atoms with E-state index in [0.29, 0.717) is 19.1 Å². The molecule has 1 unspecified atom stereocenters. The summed E-state index contributed by atoms with van der Waals surface area (Å²) in [6.45, 7) is 5.09. The average Bonchev–Trinajstić information content (AvgIpc) is 3.42. The Morgan fingerprint density at radius 3 is 2.62 bits per heavy atom. The highest BCUT2D eigenvalue weighted by Crippen LogP contribution is 2.59. The Balaban J connectivity index is 1.48. The van der Waals surface area contributed by atoms with Gasteiger partial charge in [-0.15, -0.1) is 10.2 Å². The van der Waals surface area contributed by atoms with Gasteiger partial charge in [-0.2, -0.15) is 0 Å². The summed E-state index contributed by atoms with van der Waals surface area (Å²) in [5.41, 5.74) is -0.441. The van der Waals surface area contributed by atoms with Gasteiger partial charge in [0, 0.05) is 25.0 Å². The lowest BCUT2D eigenvalue weighted by Gasteiger charge is -2.33. The van der Waals surface area contributed by atoms with E-state index >= 15 is 0 Å². The third-order valence-corrected chi connectivity index (χ3v) is 6.00. The molecule has 0 aromatic carbocycles. The third-order valence-electron chi connectivity index (χ3n) is 6.00. The Hall–Kier alpha value is -1.92. The van der Waals surface area contributed by atoms with Crippen molar-refractivity contribution in [3.05, 3.63) is 12.2 Å². The summed E-state index contributed by atoms with van der Waals surface area (Å²) in [5, 5.41) is 17.7. The molecule has 7 nitrogen and oxygen atoms in total. The van der Waals surface area contributed by atoms with E-state index in [1.807, 2.05) is 18.7 Å². The fourth-order valence-corrected chi connectivity index (χ4v) is 4.32. The van der Waals surface area contributed by atoms with Gasteiger partial charge < -0.3 is 14.6 Å². The predicted molar refractivity (Wildman–Crippen MR) is 85.2 cm³/mol. The molecule has 1 saturated heterocycles. The van der Waals surface area contributed by atoms with Crippen LogP contribution < -0.4 is 0 Å². The second-order valence-electron chi connectivity index (χ2n) is 8.07. The fourth-order valence-electron chi connectivity index (χ4n) is 4.32. The van der Waals surface area contributed by atoms with Crippen molar-refractivity contribution < 1.29 is 14.7 Å². The smallest absolute Gasteiger partial charge is 0.307 e. The van der Waals surface area contributed by atoms with Gasteiger partial charge >= 0.3 is 5.97 Å². The minimum Gasteiger partial charge on any atom is -0.481 e. The fraction of sp³-hybridized carbons (Fsp3) is 0.765. The van der Waals surface area contributed by atoms with Crippen molar-refractivity contribution in [1.29, 1.82) is 0 Å². The van der Waals surface area contributed by atoms with Crippen molar-refractivity contribution in [3.8, 4) is 0 Å². The molecule has 0 radical (unpaired) electrons. The quantitative estimate of drug-likeness (QED) is 0.906. The molecular weight excluding hydrogens is 308 g/mol. The minimum absolute atomic E-state index is 0.00501. The van der Waals surface area contributed by atoms with Crippen LogP contribution in [0.4, 0.5) is 0 Å². The normalized spacial score (nSPS) is 31.8. The van der Waals surface area contributed by atoms with Gasteiger partial charge in [-0.05, 0) is 31.1 Å². The minimum atomic E-state index is -0.861. The van der Waals surface area contributed by atoms with Gasteiger partial charge in [-0.25, -0.2) is 0 Å². The first-order chi connectivity index (χ1) is 11.4. The number of rotatable bonds is 4. The maximum absolute atomic E-state index is 12.9. The number of nitrogens with zero attached hydrogens (tertiary/aromatic N) is 4. The molecule has 2 saturated carbocycles. The maximum Gasteiger partial charge on any atom is 0.307 e. The highest BCUT2D eigenvalue weighted by Gasteiger charge is 2.66. The molecule has 24 heavy (non-hydrogen) atoms. The van der Waals surface area contributed by atoms with Gasteiger partial charge in [-0.1, -0.05) is 13.8 Å². The number of amides is 1. The molecule has 1 amide bonds. The largest absolute Gasteiger partial charge is 0.481 e. The van der Waals surface area contributed by atoms with Crippen LogP contribution in [0, 0.1) is 17.3 Å². The first-order valence-corrected chi connectivity index (χ1v) is 8.82. The van der Waals surface area contributed by atoms with Crippen molar-refractivity contribution in [3.63, 3.8) is 0 Å². The van der Waals surface area contributed by atoms with Crippen LogP contribution in [0.1, 0.15) is 57.3 Å². The van der Waals surface area contributed by atoms with Crippen molar-refractivity contribution in [1.82, 2.24) is 19.7 Å². The summed E-state index contributed by atoms with van der Waals surface area (Å²) in [7, 11) is 0. The number of carboxylic acid groups (broad SMARTS) is 1. The zero-order valence-electron chi connectivity index (χ0n) is 14.2. The van der Waals surface area contributed by atoms with E-state index in [2.05, 4.69) is 14.8 Å². The summed E-state index contributed by atoms with van der Waals surface area (Å²) in [6.07, 6.45) is 6.09. The van der Waals surface area contributed by atoms with Crippen molar-refractivity contribution in [2.75, 3.05) is 13.1 Å². The lowest BCUT2D eigenvalue weighted by Crippen LogP contribution is -2.41. The van der Waals surface area contributed by atoms with Gasteiger partial charge in [0.25, 0.3) is 0 Å². The zero-order chi connectivity index (χ0) is 17.1. The van der Waals surface area contributed by atoms with E-state index < -0.39 is 23.2 Å². The molecule has 1 N–H and O–H groups in total. The molecule has 2 aliphatic carbocycles. The zero-order valence-corrected chi connectivity index (χ0v) is 14.2. The van der Waals surface area contributed by atoms with E-state index in [9.17, 15) is 14.7 Å². The monoisotopic (exact) mass is 332 g/mol. The number of likely N-dealkylation sites (tertiary alicyclic amines) is 1. The second-order valence-corrected chi connectivity index (χ2v) is 8.07. The Morgan fingerprint density at radius 1 is 1.25 bits per heavy atom. The summed E-state index contributed by atoms with van der Waals surface area (Å²) >= 11 is 0. The molecule has 1 aliphatic heterocycles. The Morgan fingerprint density at radius 2 is 2.00 bits per heavy atom. The number of aliphatic carboxylic acids is 1. The van der Waals surface area contributed by atoms with Gasteiger partial charge in [0.2, 0.25) is 5.91 Å². The molecule has 2 heterocycles. The standard InChI is InChI=1S/C17H24N4O3/c1-17(2)12(13(17)16(23)24)15(22)20-7-3-4-10(8-20)14-19-18-9-21(14)11-5-6-11/h9-13H,3-8H2,1-2H3,(H,23,24)/t10?,12-,13+/m1/s1. The lowest BCUT2D eigenvalue weighted by atomic mass is 9.96. The topological polar surface area (TPSA) is 88.3 Å². The summed E-state index contributed by atoms with van der Waals surface area (Å²) in [6, 6.07) is 0.528. The van der Waals surface area contributed by atoms with E-state index in [0.717, 1.165) is 18.7 Å². The van der Waals surface area contributed by atoms with Crippen molar-refractivity contribution >= 4 is 11.9 Å². The summed E-state index contributed by atoms with van der Waals surface area (Å²) in [4.78, 5) is 26.1. The summed E-state index contributed by atoms with van der Waals surface area (Å²) < 4.78 is 2.17.